The van der Waals surface area contributed by atoms with Gasteiger partial charge < -0.3 is 25.2 Å². The van der Waals surface area contributed by atoms with Crippen molar-refractivity contribution in [2.45, 2.75) is 25.3 Å². The summed E-state index contributed by atoms with van der Waals surface area (Å²) in [5, 5.41) is 16.0. The van der Waals surface area contributed by atoms with E-state index < -0.39 is 23.7 Å². The second-order valence-electron chi connectivity index (χ2n) is 6.80. The number of methoxy groups -OCH3 is 1. The number of phenols is 1. The van der Waals surface area contributed by atoms with E-state index in [2.05, 4.69) is 10.6 Å². The summed E-state index contributed by atoms with van der Waals surface area (Å²) in [6, 6.07) is 9.47. The zero-order valence-electron chi connectivity index (χ0n) is 17.4. The molecule has 3 N–H and O–H groups in total. The minimum atomic E-state index is -0.958. The first-order chi connectivity index (χ1) is 14.9. The van der Waals surface area contributed by atoms with E-state index in [1.165, 1.54) is 13.2 Å². The third-order valence-electron chi connectivity index (χ3n) is 4.54. The Morgan fingerprint density at radius 2 is 1.87 bits per heavy atom. The lowest BCUT2D eigenvalue weighted by atomic mass is 10.1. The lowest BCUT2D eigenvalue weighted by Gasteiger charge is -2.18. The molecule has 0 aliphatic heterocycles. The summed E-state index contributed by atoms with van der Waals surface area (Å²) in [5.74, 6) is -1.70. The molecule has 0 saturated carbocycles. The highest BCUT2D eigenvalue weighted by molar-refractivity contribution is 6.39. The number of ether oxygens (including phenoxy) is 2. The molecule has 0 fully saturated rings. The number of halogens is 2. The molecule has 1 unspecified atom stereocenters. The molecule has 0 bridgehead atoms. The maximum atomic E-state index is 12.8. The molecule has 9 heteroatoms. The van der Waals surface area contributed by atoms with Crippen molar-refractivity contribution >= 4 is 35.1 Å². The van der Waals surface area contributed by atoms with E-state index in [-0.39, 0.29) is 27.8 Å². The Balaban J connectivity index is 2.16. The number of esters is 1. The fourth-order valence-electron chi connectivity index (χ4n) is 2.90. The van der Waals surface area contributed by atoms with E-state index >= 15 is 0 Å². The highest BCUT2D eigenvalue weighted by Gasteiger charge is 2.26. The predicted octanol–water partition coefficient (Wildman–Crippen LogP) is 3.59. The van der Waals surface area contributed by atoms with E-state index in [0.717, 1.165) is 24.9 Å². The van der Waals surface area contributed by atoms with Crippen LogP contribution >= 0.6 is 23.2 Å². The monoisotopic (exact) mass is 468 g/mol. The van der Waals surface area contributed by atoms with Gasteiger partial charge >= 0.3 is 5.97 Å². The highest BCUT2D eigenvalue weighted by atomic mass is 35.5. The number of amides is 1. The van der Waals surface area contributed by atoms with Crippen LogP contribution < -0.4 is 15.4 Å². The normalized spacial score (nSPS) is 11.6. The van der Waals surface area contributed by atoms with E-state index in [9.17, 15) is 14.7 Å². The van der Waals surface area contributed by atoms with Crippen molar-refractivity contribution in [3.05, 3.63) is 57.6 Å². The lowest BCUT2D eigenvalue weighted by Crippen LogP contribution is -2.43. The SMILES string of the molecule is CNCCCCOc1c(Cl)cc(C(=O)NC(Cc2ccccc2)C(=O)OC)c(O)c1Cl. The van der Waals surface area contributed by atoms with Crippen LogP contribution in [0.15, 0.2) is 36.4 Å². The molecule has 0 aliphatic rings. The van der Waals surface area contributed by atoms with Gasteiger partial charge in [-0.25, -0.2) is 4.79 Å². The molecule has 0 aromatic heterocycles. The van der Waals surface area contributed by atoms with Crippen molar-refractivity contribution in [1.29, 1.82) is 0 Å². The van der Waals surface area contributed by atoms with Gasteiger partial charge in [0.05, 0.1) is 24.3 Å². The number of unbranched alkanes of at least 4 members (excludes halogenated alkanes) is 1. The number of rotatable bonds is 11. The molecular weight excluding hydrogens is 443 g/mol. The van der Waals surface area contributed by atoms with Crippen molar-refractivity contribution in [3.63, 3.8) is 0 Å². The Morgan fingerprint density at radius 1 is 1.16 bits per heavy atom. The van der Waals surface area contributed by atoms with Crippen molar-refractivity contribution < 1.29 is 24.2 Å². The van der Waals surface area contributed by atoms with Crippen molar-refractivity contribution in [3.8, 4) is 11.5 Å². The smallest absolute Gasteiger partial charge is 0.328 e. The van der Waals surface area contributed by atoms with Crippen LogP contribution in [0.4, 0.5) is 0 Å². The van der Waals surface area contributed by atoms with Gasteiger partial charge in [0.25, 0.3) is 5.91 Å². The van der Waals surface area contributed by atoms with Gasteiger partial charge in [-0.15, -0.1) is 0 Å². The van der Waals surface area contributed by atoms with Gasteiger partial charge in [-0.3, -0.25) is 4.79 Å². The van der Waals surface area contributed by atoms with E-state index in [0.29, 0.717) is 6.61 Å². The number of carbonyl (C=O) groups excluding carboxylic acids is 2. The average Bonchev–Trinajstić information content (AvgIpc) is 2.77. The molecule has 2 aromatic carbocycles. The average molecular weight is 469 g/mol. The molecule has 1 atom stereocenters. The molecule has 2 rings (SSSR count). The Morgan fingerprint density at radius 3 is 2.52 bits per heavy atom. The van der Waals surface area contributed by atoms with Crippen LogP contribution in [0.3, 0.4) is 0 Å². The fourth-order valence-corrected chi connectivity index (χ4v) is 3.46. The molecule has 31 heavy (non-hydrogen) atoms. The summed E-state index contributed by atoms with van der Waals surface area (Å²) in [5.41, 5.74) is 0.667. The maximum absolute atomic E-state index is 12.8. The van der Waals surface area contributed by atoms with Crippen LogP contribution in [0.1, 0.15) is 28.8 Å². The zero-order valence-corrected chi connectivity index (χ0v) is 18.9. The molecule has 0 heterocycles. The van der Waals surface area contributed by atoms with Crippen molar-refractivity contribution in [1.82, 2.24) is 10.6 Å². The summed E-state index contributed by atoms with van der Waals surface area (Å²) < 4.78 is 10.4. The Bertz CT molecular complexity index is 893. The number of carbonyl (C=O) groups is 2. The second kappa shape index (κ2) is 12.4. The number of aromatic hydroxyl groups is 1. The van der Waals surface area contributed by atoms with Crippen LogP contribution in [-0.4, -0.2) is 50.3 Å². The first kappa shape index (κ1) is 24.8. The summed E-state index contributed by atoms with van der Waals surface area (Å²) >= 11 is 12.4. The van der Waals surface area contributed by atoms with Crippen LogP contribution in [0, 0.1) is 0 Å². The minimum absolute atomic E-state index is 0.0826. The first-order valence-electron chi connectivity index (χ1n) is 9.80. The molecule has 0 saturated heterocycles. The largest absolute Gasteiger partial charge is 0.505 e. The van der Waals surface area contributed by atoms with E-state index in [1.807, 2.05) is 37.4 Å². The van der Waals surface area contributed by atoms with Crippen molar-refractivity contribution in [2.24, 2.45) is 0 Å². The fraction of sp³-hybridized carbons (Fsp3) is 0.364. The van der Waals surface area contributed by atoms with Crippen LogP contribution in [0.25, 0.3) is 0 Å². The maximum Gasteiger partial charge on any atom is 0.328 e. The molecule has 0 spiro atoms. The van der Waals surface area contributed by atoms with Gasteiger partial charge in [-0.1, -0.05) is 53.5 Å². The Hall–Kier alpha value is -2.48. The van der Waals surface area contributed by atoms with Gasteiger partial charge in [-0.05, 0) is 38.1 Å². The first-order valence-corrected chi connectivity index (χ1v) is 10.6. The third kappa shape index (κ3) is 7.02. The van der Waals surface area contributed by atoms with Crippen LogP contribution in [0.2, 0.25) is 10.0 Å². The minimum Gasteiger partial charge on any atom is -0.505 e. The number of benzene rings is 2. The molecule has 1 amide bonds. The lowest BCUT2D eigenvalue weighted by molar-refractivity contribution is -0.142. The van der Waals surface area contributed by atoms with Crippen molar-refractivity contribution in [2.75, 3.05) is 27.3 Å². The van der Waals surface area contributed by atoms with Gasteiger partial charge in [0.15, 0.2) is 11.5 Å². The second-order valence-corrected chi connectivity index (χ2v) is 7.58. The molecule has 7 nitrogen and oxygen atoms in total. The summed E-state index contributed by atoms with van der Waals surface area (Å²) in [7, 11) is 3.10. The number of nitrogens with one attached hydrogen (secondary N) is 2. The molecule has 0 radical (unpaired) electrons. The molecular formula is C22H26Cl2N2O5. The zero-order chi connectivity index (χ0) is 22.8. The van der Waals surface area contributed by atoms with Crippen LogP contribution in [0.5, 0.6) is 11.5 Å². The molecule has 0 aliphatic carbocycles. The summed E-state index contributed by atoms with van der Waals surface area (Å²) in [4.78, 5) is 25.0. The Labute approximate surface area is 191 Å². The summed E-state index contributed by atoms with van der Waals surface area (Å²) in [6.07, 6.45) is 1.88. The van der Waals surface area contributed by atoms with Crippen LogP contribution in [-0.2, 0) is 16.0 Å². The van der Waals surface area contributed by atoms with Gasteiger partial charge in [0, 0.05) is 6.42 Å². The van der Waals surface area contributed by atoms with Gasteiger partial charge in [-0.2, -0.15) is 0 Å². The van der Waals surface area contributed by atoms with Gasteiger partial charge in [0.1, 0.15) is 11.1 Å². The Kier molecular flexibility index (Phi) is 9.91. The van der Waals surface area contributed by atoms with E-state index in [4.69, 9.17) is 32.7 Å². The summed E-state index contributed by atoms with van der Waals surface area (Å²) in [6.45, 7) is 1.20. The quantitative estimate of drug-likeness (QED) is 0.344. The van der Waals surface area contributed by atoms with E-state index in [1.54, 1.807) is 0 Å². The standard InChI is InChI=1S/C22H26Cl2N2O5/c1-25-10-6-7-11-31-20-16(23)13-15(19(27)18(20)24)21(28)26-17(22(29)30-2)12-14-8-4-3-5-9-14/h3-5,8-9,13,17,25,27H,6-7,10-12H2,1-2H3,(H,26,28). The number of hydrogen-bond donors (Lipinski definition) is 3. The molecule has 168 valence electrons. The third-order valence-corrected chi connectivity index (χ3v) is 5.17. The number of phenolic OH excluding ortho intramolecular Hbond substituents is 1. The number of hydrogen-bond acceptors (Lipinski definition) is 6. The topological polar surface area (TPSA) is 96.9 Å². The highest BCUT2D eigenvalue weighted by Crippen LogP contribution is 2.42. The predicted molar refractivity (Wildman–Crippen MR) is 120 cm³/mol. The van der Waals surface area contributed by atoms with Gasteiger partial charge in [0.2, 0.25) is 0 Å². The molecule has 2 aromatic rings.